The van der Waals surface area contributed by atoms with Crippen LogP contribution in [0.15, 0.2) is 24.3 Å². The first-order valence-electron chi connectivity index (χ1n) is 5.86. The normalized spacial score (nSPS) is 20.2. The van der Waals surface area contributed by atoms with Crippen molar-refractivity contribution in [3.05, 3.63) is 35.6 Å². The number of aliphatic hydroxyl groups is 1. The third-order valence-corrected chi connectivity index (χ3v) is 3.29. The van der Waals surface area contributed by atoms with Crippen LogP contribution < -0.4 is 5.32 Å². The fourth-order valence-electron chi connectivity index (χ4n) is 1.99. The van der Waals surface area contributed by atoms with Crippen LogP contribution in [0.2, 0.25) is 0 Å². The van der Waals surface area contributed by atoms with E-state index in [9.17, 15) is 9.50 Å². The van der Waals surface area contributed by atoms with Crippen LogP contribution in [0, 0.1) is 5.82 Å². The molecule has 0 heterocycles. The molecular formula is C13H18FNO. The van der Waals surface area contributed by atoms with Gasteiger partial charge in [-0.05, 0) is 37.5 Å². The molecule has 1 aromatic rings. The molecule has 0 aliphatic heterocycles. The van der Waals surface area contributed by atoms with E-state index in [0.717, 1.165) is 5.56 Å². The summed E-state index contributed by atoms with van der Waals surface area (Å²) in [4.78, 5) is 0. The first-order chi connectivity index (χ1) is 7.66. The highest BCUT2D eigenvalue weighted by atomic mass is 19.1. The molecule has 0 aromatic heterocycles. The molecular weight excluding hydrogens is 205 g/mol. The summed E-state index contributed by atoms with van der Waals surface area (Å²) in [6, 6.07) is 6.60. The van der Waals surface area contributed by atoms with Gasteiger partial charge in [-0.15, -0.1) is 0 Å². The molecule has 1 saturated carbocycles. The van der Waals surface area contributed by atoms with Gasteiger partial charge in [0.15, 0.2) is 0 Å². The molecule has 16 heavy (non-hydrogen) atoms. The Morgan fingerprint density at radius 1 is 1.31 bits per heavy atom. The fourth-order valence-corrected chi connectivity index (χ4v) is 1.99. The van der Waals surface area contributed by atoms with Gasteiger partial charge in [-0.3, -0.25) is 0 Å². The standard InChI is InChI=1S/C13H18FNO/c1-9(15-12-3-2-4-12)13(16)10-5-7-11(14)8-6-10/h5-9,12-13,15-16H,2-4H2,1H3. The van der Waals surface area contributed by atoms with Crippen molar-refractivity contribution in [3.63, 3.8) is 0 Å². The van der Waals surface area contributed by atoms with Crippen molar-refractivity contribution < 1.29 is 9.50 Å². The maximum Gasteiger partial charge on any atom is 0.123 e. The van der Waals surface area contributed by atoms with Crippen LogP contribution in [0.3, 0.4) is 0 Å². The molecule has 0 bridgehead atoms. The quantitative estimate of drug-likeness (QED) is 0.821. The number of halogens is 1. The summed E-state index contributed by atoms with van der Waals surface area (Å²) >= 11 is 0. The van der Waals surface area contributed by atoms with E-state index in [1.54, 1.807) is 12.1 Å². The number of rotatable bonds is 4. The van der Waals surface area contributed by atoms with Crippen molar-refractivity contribution in [1.29, 1.82) is 0 Å². The molecule has 1 aliphatic carbocycles. The summed E-state index contributed by atoms with van der Waals surface area (Å²) in [6.07, 6.45) is 3.10. The Morgan fingerprint density at radius 2 is 1.94 bits per heavy atom. The number of hydrogen-bond acceptors (Lipinski definition) is 2. The van der Waals surface area contributed by atoms with Crippen molar-refractivity contribution in [2.75, 3.05) is 0 Å². The van der Waals surface area contributed by atoms with E-state index >= 15 is 0 Å². The van der Waals surface area contributed by atoms with E-state index < -0.39 is 6.10 Å². The van der Waals surface area contributed by atoms with Crippen LogP contribution in [0.5, 0.6) is 0 Å². The van der Waals surface area contributed by atoms with E-state index in [4.69, 9.17) is 0 Å². The van der Waals surface area contributed by atoms with E-state index in [2.05, 4.69) is 5.32 Å². The lowest BCUT2D eigenvalue weighted by Gasteiger charge is -2.32. The molecule has 2 unspecified atom stereocenters. The number of aliphatic hydroxyl groups excluding tert-OH is 1. The van der Waals surface area contributed by atoms with Gasteiger partial charge in [0, 0.05) is 12.1 Å². The molecule has 2 rings (SSSR count). The zero-order valence-corrected chi connectivity index (χ0v) is 9.49. The van der Waals surface area contributed by atoms with E-state index in [0.29, 0.717) is 6.04 Å². The van der Waals surface area contributed by atoms with E-state index in [1.165, 1.54) is 31.4 Å². The number of hydrogen-bond donors (Lipinski definition) is 2. The highest BCUT2D eigenvalue weighted by Gasteiger charge is 2.23. The van der Waals surface area contributed by atoms with Crippen LogP contribution in [0.1, 0.15) is 37.9 Å². The zero-order valence-electron chi connectivity index (χ0n) is 9.49. The van der Waals surface area contributed by atoms with Gasteiger partial charge in [0.25, 0.3) is 0 Å². The molecule has 0 amide bonds. The monoisotopic (exact) mass is 223 g/mol. The van der Waals surface area contributed by atoms with Crippen LogP contribution in [-0.2, 0) is 0 Å². The highest BCUT2D eigenvalue weighted by Crippen LogP contribution is 2.22. The molecule has 1 aromatic carbocycles. The molecule has 1 aliphatic rings. The minimum absolute atomic E-state index is 0.00996. The van der Waals surface area contributed by atoms with Gasteiger partial charge in [0.2, 0.25) is 0 Å². The molecule has 0 spiro atoms. The van der Waals surface area contributed by atoms with Crippen molar-refractivity contribution in [2.45, 2.75) is 44.4 Å². The van der Waals surface area contributed by atoms with Crippen molar-refractivity contribution >= 4 is 0 Å². The van der Waals surface area contributed by atoms with Crippen molar-refractivity contribution in [2.24, 2.45) is 0 Å². The first kappa shape index (κ1) is 11.6. The molecule has 2 N–H and O–H groups in total. The summed E-state index contributed by atoms with van der Waals surface area (Å²) in [5, 5.41) is 13.4. The summed E-state index contributed by atoms with van der Waals surface area (Å²) in [5.74, 6) is -0.268. The van der Waals surface area contributed by atoms with Gasteiger partial charge in [0.1, 0.15) is 5.82 Å². The Hall–Kier alpha value is -0.930. The van der Waals surface area contributed by atoms with Crippen LogP contribution in [0.4, 0.5) is 4.39 Å². The Labute approximate surface area is 95.5 Å². The topological polar surface area (TPSA) is 32.3 Å². The smallest absolute Gasteiger partial charge is 0.123 e. The number of nitrogens with one attached hydrogen (secondary N) is 1. The maximum atomic E-state index is 12.7. The lowest BCUT2D eigenvalue weighted by atomic mass is 9.91. The van der Waals surface area contributed by atoms with Crippen LogP contribution in [-0.4, -0.2) is 17.2 Å². The fraction of sp³-hybridized carbons (Fsp3) is 0.538. The predicted octanol–water partition coefficient (Wildman–Crippen LogP) is 2.39. The molecule has 1 fully saturated rings. The van der Waals surface area contributed by atoms with Gasteiger partial charge < -0.3 is 10.4 Å². The second-order valence-corrected chi connectivity index (χ2v) is 4.58. The zero-order chi connectivity index (χ0) is 11.5. The Balaban J connectivity index is 1.94. The SMILES string of the molecule is CC(NC1CCC1)C(O)c1ccc(F)cc1. The highest BCUT2D eigenvalue weighted by molar-refractivity contribution is 5.19. The van der Waals surface area contributed by atoms with Gasteiger partial charge >= 0.3 is 0 Å². The van der Waals surface area contributed by atoms with E-state index in [1.807, 2.05) is 6.92 Å². The molecule has 2 nitrogen and oxygen atoms in total. The maximum absolute atomic E-state index is 12.7. The Kier molecular flexibility index (Phi) is 3.56. The summed E-state index contributed by atoms with van der Waals surface area (Å²) in [6.45, 7) is 1.96. The van der Waals surface area contributed by atoms with Gasteiger partial charge in [-0.25, -0.2) is 4.39 Å². The second kappa shape index (κ2) is 4.93. The van der Waals surface area contributed by atoms with Gasteiger partial charge in [-0.1, -0.05) is 18.6 Å². The van der Waals surface area contributed by atoms with Gasteiger partial charge in [-0.2, -0.15) is 0 Å². The number of benzene rings is 1. The van der Waals surface area contributed by atoms with E-state index in [-0.39, 0.29) is 11.9 Å². The third-order valence-electron chi connectivity index (χ3n) is 3.29. The average molecular weight is 223 g/mol. The minimum Gasteiger partial charge on any atom is -0.387 e. The molecule has 0 saturated heterocycles. The molecule has 3 heteroatoms. The second-order valence-electron chi connectivity index (χ2n) is 4.58. The first-order valence-corrected chi connectivity index (χ1v) is 5.86. The van der Waals surface area contributed by atoms with Gasteiger partial charge in [0.05, 0.1) is 6.10 Å². The minimum atomic E-state index is -0.568. The lowest BCUT2D eigenvalue weighted by Crippen LogP contribution is -2.43. The largest absolute Gasteiger partial charge is 0.387 e. The Morgan fingerprint density at radius 3 is 2.44 bits per heavy atom. The lowest BCUT2D eigenvalue weighted by molar-refractivity contribution is 0.120. The summed E-state index contributed by atoms with van der Waals surface area (Å²) in [5.41, 5.74) is 0.765. The molecule has 0 radical (unpaired) electrons. The van der Waals surface area contributed by atoms with Crippen molar-refractivity contribution in [1.82, 2.24) is 5.32 Å². The third kappa shape index (κ3) is 2.60. The summed E-state index contributed by atoms with van der Waals surface area (Å²) in [7, 11) is 0. The average Bonchev–Trinajstić information content (AvgIpc) is 2.23. The predicted molar refractivity (Wildman–Crippen MR) is 61.6 cm³/mol. The van der Waals surface area contributed by atoms with Crippen molar-refractivity contribution in [3.8, 4) is 0 Å². The van der Waals surface area contributed by atoms with Crippen LogP contribution >= 0.6 is 0 Å². The molecule has 2 atom stereocenters. The van der Waals surface area contributed by atoms with Crippen LogP contribution in [0.25, 0.3) is 0 Å². The Bertz CT molecular complexity index is 334. The molecule has 88 valence electrons. The summed E-state index contributed by atoms with van der Waals surface area (Å²) < 4.78 is 12.7.